The standard InChI is InChI=1S/C28H27F2N5O4/c1-28(2,3)16-7-14-11-32-35(27(39)23(14)21(30)9-16)24-19(13-36)17(5-6-31-24)15-8-22(26(38)34(4)12-15)33-25(37)18-10-20(18)29/h5-9,11-12,18,20,36H,10,13H2,1-4H3,(H,33,37)/t18-,20-/m1/s1. The van der Waals surface area contributed by atoms with Gasteiger partial charge in [-0.2, -0.15) is 9.78 Å². The molecule has 2 N–H and O–H groups in total. The van der Waals surface area contributed by atoms with Gasteiger partial charge in [-0.3, -0.25) is 14.4 Å². The van der Waals surface area contributed by atoms with Crippen LogP contribution in [0.4, 0.5) is 14.5 Å². The molecule has 0 saturated heterocycles. The van der Waals surface area contributed by atoms with E-state index in [1.807, 2.05) is 20.8 Å². The van der Waals surface area contributed by atoms with Crippen LogP contribution in [0.25, 0.3) is 27.7 Å². The summed E-state index contributed by atoms with van der Waals surface area (Å²) in [4.78, 5) is 42.6. The maximum Gasteiger partial charge on any atom is 0.283 e. The number of carbonyl (C=O) groups excluding carboxylic acids is 1. The second kappa shape index (κ2) is 9.49. The van der Waals surface area contributed by atoms with Gasteiger partial charge in [-0.05, 0) is 47.2 Å². The fraction of sp³-hybridized carbons (Fsp3) is 0.321. The minimum Gasteiger partial charge on any atom is -0.392 e. The van der Waals surface area contributed by atoms with Crippen LogP contribution >= 0.6 is 0 Å². The van der Waals surface area contributed by atoms with Gasteiger partial charge in [0.05, 0.1) is 24.1 Å². The number of pyridine rings is 2. The Hall–Kier alpha value is -4.25. The lowest BCUT2D eigenvalue weighted by atomic mass is 9.86. The van der Waals surface area contributed by atoms with E-state index in [0.29, 0.717) is 22.1 Å². The van der Waals surface area contributed by atoms with Crippen LogP contribution in [-0.2, 0) is 23.9 Å². The van der Waals surface area contributed by atoms with Crippen LogP contribution in [-0.4, -0.2) is 36.5 Å². The zero-order valence-electron chi connectivity index (χ0n) is 21.8. The van der Waals surface area contributed by atoms with Crippen molar-refractivity contribution in [1.82, 2.24) is 19.3 Å². The first-order chi connectivity index (χ1) is 18.4. The lowest BCUT2D eigenvalue weighted by Crippen LogP contribution is -2.26. The van der Waals surface area contributed by atoms with Crippen LogP contribution in [0.5, 0.6) is 0 Å². The highest BCUT2D eigenvalue weighted by Crippen LogP contribution is 2.35. The molecule has 39 heavy (non-hydrogen) atoms. The maximum atomic E-state index is 15.2. The number of aliphatic hydroxyl groups excluding tert-OH is 1. The molecule has 2 atom stereocenters. The Balaban J connectivity index is 1.63. The van der Waals surface area contributed by atoms with Crippen molar-refractivity contribution in [3.8, 4) is 16.9 Å². The largest absolute Gasteiger partial charge is 0.392 e. The molecule has 1 fully saturated rings. The first kappa shape index (κ1) is 26.4. The van der Waals surface area contributed by atoms with Crippen LogP contribution in [0, 0.1) is 11.7 Å². The van der Waals surface area contributed by atoms with Gasteiger partial charge < -0.3 is 15.0 Å². The number of aromatic nitrogens is 4. The van der Waals surface area contributed by atoms with E-state index >= 15 is 4.39 Å². The van der Waals surface area contributed by atoms with E-state index < -0.39 is 41.5 Å². The third-order valence-corrected chi connectivity index (χ3v) is 6.90. The lowest BCUT2D eigenvalue weighted by molar-refractivity contribution is -0.117. The molecular weight excluding hydrogens is 508 g/mol. The van der Waals surface area contributed by atoms with Gasteiger partial charge in [0.2, 0.25) is 5.91 Å². The Morgan fingerprint density at radius 3 is 2.56 bits per heavy atom. The van der Waals surface area contributed by atoms with Gasteiger partial charge in [0.1, 0.15) is 17.7 Å². The van der Waals surface area contributed by atoms with Crippen molar-refractivity contribution >= 4 is 22.4 Å². The summed E-state index contributed by atoms with van der Waals surface area (Å²) in [5.74, 6) is -2.08. The van der Waals surface area contributed by atoms with Gasteiger partial charge in [0, 0.05) is 36.0 Å². The number of hydrogen-bond acceptors (Lipinski definition) is 6. The van der Waals surface area contributed by atoms with Gasteiger partial charge in [-0.25, -0.2) is 13.8 Å². The molecule has 1 aromatic carbocycles. The average Bonchev–Trinajstić information content (AvgIpc) is 3.62. The Morgan fingerprint density at radius 2 is 1.92 bits per heavy atom. The highest BCUT2D eigenvalue weighted by Gasteiger charge is 2.43. The molecule has 3 aromatic heterocycles. The van der Waals surface area contributed by atoms with Crippen molar-refractivity contribution in [3.63, 3.8) is 0 Å². The summed E-state index contributed by atoms with van der Waals surface area (Å²) < 4.78 is 30.7. The number of benzene rings is 1. The third-order valence-electron chi connectivity index (χ3n) is 6.90. The molecule has 1 aliphatic rings. The van der Waals surface area contributed by atoms with Gasteiger partial charge in [-0.1, -0.05) is 20.8 Å². The third kappa shape index (κ3) is 4.74. The monoisotopic (exact) mass is 535 g/mol. The minimum atomic E-state index is -1.22. The number of amides is 1. The molecule has 1 amide bonds. The molecule has 4 aromatic rings. The summed E-state index contributed by atoms with van der Waals surface area (Å²) in [6, 6.07) is 6.04. The first-order valence-corrected chi connectivity index (χ1v) is 12.4. The number of halogens is 2. The zero-order valence-corrected chi connectivity index (χ0v) is 21.8. The van der Waals surface area contributed by atoms with Crippen LogP contribution < -0.4 is 16.4 Å². The van der Waals surface area contributed by atoms with Crippen molar-refractivity contribution in [2.24, 2.45) is 13.0 Å². The summed E-state index contributed by atoms with van der Waals surface area (Å²) in [5.41, 5.74) is 0.0831. The number of aryl methyl sites for hydroxylation is 1. The maximum absolute atomic E-state index is 15.2. The number of rotatable bonds is 5. The second-order valence-corrected chi connectivity index (χ2v) is 10.8. The molecule has 11 heteroatoms. The van der Waals surface area contributed by atoms with E-state index in [2.05, 4.69) is 15.4 Å². The summed E-state index contributed by atoms with van der Waals surface area (Å²) in [7, 11) is 1.49. The number of aliphatic hydroxyl groups is 1. The number of anilines is 1. The summed E-state index contributed by atoms with van der Waals surface area (Å²) in [6.07, 6.45) is 3.15. The molecule has 0 radical (unpaired) electrons. The molecule has 3 heterocycles. The van der Waals surface area contributed by atoms with E-state index in [4.69, 9.17) is 0 Å². The van der Waals surface area contributed by atoms with Gasteiger partial charge in [0.15, 0.2) is 5.82 Å². The van der Waals surface area contributed by atoms with Crippen LogP contribution in [0.15, 0.2) is 52.4 Å². The molecule has 0 bridgehead atoms. The van der Waals surface area contributed by atoms with E-state index in [1.165, 1.54) is 42.3 Å². The SMILES string of the molecule is Cn1cc(-c2ccnc(-n3ncc4cc(C(C)(C)C)cc(F)c4c3=O)c2CO)cc(NC(=O)[C@@H]2C[C@H]2F)c1=O. The summed E-state index contributed by atoms with van der Waals surface area (Å²) in [6.45, 7) is 5.24. The highest BCUT2D eigenvalue weighted by atomic mass is 19.1. The van der Waals surface area contributed by atoms with Gasteiger partial charge in [0.25, 0.3) is 11.1 Å². The Morgan fingerprint density at radius 1 is 1.21 bits per heavy atom. The minimum absolute atomic E-state index is 0.0149. The quantitative estimate of drug-likeness (QED) is 0.405. The average molecular weight is 536 g/mol. The van der Waals surface area contributed by atoms with Crippen LogP contribution in [0.1, 0.15) is 38.3 Å². The van der Waals surface area contributed by atoms with E-state index in [-0.39, 0.29) is 34.3 Å². The Kier molecular flexibility index (Phi) is 6.42. The van der Waals surface area contributed by atoms with Crippen LogP contribution in [0.2, 0.25) is 0 Å². The second-order valence-electron chi connectivity index (χ2n) is 10.8. The molecule has 1 saturated carbocycles. The number of carbonyl (C=O) groups is 1. The number of hydrogen-bond donors (Lipinski definition) is 2. The number of nitrogens with zero attached hydrogens (tertiary/aromatic N) is 4. The van der Waals surface area contributed by atoms with Crippen molar-refractivity contribution < 1.29 is 18.7 Å². The van der Waals surface area contributed by atoms with E-state index in [1.54, 1.807) is 12.1 Å². The summed E-state index contributed by atoms with van der Waals surface area (Å²) >= 11 is 0. The number of nitrogens with one attached hydrogen (secondary N) is 1. The molecule has 0 unspecified atom stereocenters. The Bertz CT molecular complexity index is 1760. The van der Waals surface area contributed by atoms with Gasteiger partial charge in [-0.15, -0.1) is 0 Å². The molecule has 202 valence electrons. The highest BCUT2D eigenvalue weighted by molar-refractivity contribution is 5.95. The van der Waals surface area contributed by atoms with Crippen molar-refractivity contribution in [3.05, 3.63) is 80.5 Å². The molecule has 9 nitrogen and oxygen atoms in total. The van der Waals surface area contributed by atoms with E-state index in [0.717, 1.165) is 4.68 Å². The predicted octanol–water partition coefficient (Wildman–Crippen LogP) is 3.37. The topological polar surface area (TPSA) is 119 Å². The van der Waals surface area contributed by atoms with E-state index in [9.17, 15) is 23.9 Å². The van der Waals surface area contributed by atoms with Crippen molar-refractivity contribution in [2.45, 2.75) is 45.4 Å². The van der Waals surface area contributed by atoms with Crippen molar-refractivity contribution in [1.29, 1.82) is 0 Å². The van der Waals surface area contributed by atoms with Crippen molar-refractivity contribution in [2.75, 3.05) is 5.32 Å². The summed E-state index contributed by atoms with van der Waals surface area (Å²) in [5, 5.41) is 17.2. The Labute approximate surface area is 221 Å². The normalized spacial score (nSPS) is 16.9. The van der Waals surface area contributed by atoms with Crippen LogP contribution in [0.3, 0.4) is 0 Å². The number of fused-ring (bicyclic) bond motifs is 1. The number of alkyl halides is 1. The smallest absolute Gasteiger partial charge is 0.283 e. The lowest BCUT2D eigenvalue weighted by Gasteiger charge is -2.20. The zero-order chi connectivity index (χ0) is 28.2. The predicted molar refractivity (Wildman–Crippen MR) is 142 cm³/mol. The molecular formula is C28H27F2N5O4. The molecule has 0 aliphatic heterocycles. The molecule has 0 spiro atoms. The molecule has 1 aliphatic carbocycles. The fourth-order valence-corrected chi connectivity index (χ4v) is 4.52. The fourth-order valence-electron chi connectivity index (χ4n) is 4.52. The molecule has 5 rings (SSSR count). The van der Waals surface area contributed by atoms with Gasteiger partial charge >= 0.3 is 0 Å². The first-order valence-electron chi connectivity index (χ1n) is 12.4.